The predicted molar refractivity (Wildman–Crippen MR) is 159 cm³/mol. The molecule has 0 spiro atoms. The van der Waals surface area contributed by atoms with Crippen LogP contribution in [0.2, 0.25) is 0 Å². The van der Waals surface area contributed by atoms with E-state index < -0.39 is 0 Å². The molecule has 1 amide bonds. The highest BCUT2D eigenvalue weighted by Crippen LogP contribution is 2.43. The van der Waals surface area contributed by atoms with Crippen molar-refractivity contribution in [3.8, 4) is 22.5 Å². The van der Waals surface area contributed by atoms with E-state index in [9.17, 15) is 9.90 Å². The van der Waals surface area contributed by atoms with Gasteiger partial charge in [0.25, 0.3) is 0 Å². The summed E-state index contributed by atoms with van der Waals surface area (Å²) in [5.74, 6) is 1.02. The number of likely N-dealkylation sites (N-methyl/N-ethyl adjacent to an activating group) is 1. The third kappa shape index (κ3) is 6.09. The lowest BCUT2D eigenvalue weighted by molar-refractivity contribution is -0.111. The second-order valence-corrected chi connectivity index (χ2v) is 9.60. The van der Waals surface area contributed by atoms with Gasteiger partial charge in [-0.15, -0.1) is 0 Å². The zero-order valence-electron chi connectivity index (χ0n) is 22.4. The molecule has 0 bridgehead atoms. The minimum Gasteiger partial charge on any atom is -0.437 e. The van der Waals surface area contributed by atoms with Crippen LogP contribution in [0.5, 0.6) is 0 Å². The van der Waals surface area contributed by atoms with Crippen molar-refractivity contribution in [2.24, 2.45) is 0 Å². The fraction of sp³-hybridized carbons (Fsp3) is 0.156. The first kappa shape index (κ1) is 26.8. The van der Waals surface area contributed by atoms with Gasteiger partial charge in [-0.3, -0.25) is 4.79 Å². The summed E-state index contributed by atoms with van der Waals surface area (Å²) in [6.07, 6.45) is 4.80. The Bertz CT molecular complexity index is 1600. The molecule has 2 heterocycles. The Balaban J connectivity index is 1.55. The average Bonchev–Trinajstić information content (AvgIpc) is 3.37. The number of nitrogens with one attached hydrogen (secondary N) is 2. The molecule has 5 rings (SSSR count). The molecule has 2 aromatic heterocycles. The number of benzene rings is 3. The molecule has 5 aromatic rings. The van der Waals surface area contributed by atoms with Crippen LogP contribution < -0.4 is 10.6 Å². The van der Waals surface area contributed by atoms with Crippen LogP contribution >= 0.6 is 0 Å². The topological polar surface area (TPSA) is 104 Å². The molecule has 202 valence electrons. The number of fused-ring (bicyclic) bond motifs is 1. The van der Waals surface area contributed by atoms with Gasteiger partial charge in [0.1, 0.15) is 17.9 Å². The van der Waals surface area contributed by atoms with Crippen molar-refractivity contribution >= 4 is 28.5 Å². The summed E-state index contributed by atoms with van der Waals surface area (Å²) in [5, 5.41) is 17.2. The third-order valence-corrected chi connectivity index (χ3v) is 6.40. The number of carbonyl (C=O) groups excluding carboxylic acids is 1. The lowest BCUT2D eigenvalue weighted by Gasteiger charge is -2.18. The van der Waals surface area contributed by atoms with Gasteiger partial charge >= 0.3 is 0 Å². The highest BCUT2D eigenvalue weighted by molar-refractivity contribution is 6.06. The Labute approximate surface area is 233 Å². The van der Waals surface area contributed by atoms with E-state index in [0.29, 0.717) is 34.9 Å². The summed E-state index contributed by atoms with van der Waals surface area (Å²) in [7, 11) is 3.89. The number of aliphatic hydroxyl groups is 1. The molecule has 0 aliphatic heterocycles. The molecule has 0 unspecified atom stereocenters. The molecule has 0 saturated heterocycles. The van der Waals surface area contributed by atoms with Crippen molar-refractivity contribution in [1.29, 1.82) is 0 Å². The minimum atomic E-state index is -0.375. The van der Waals surface area contributed by atoms with Gasteiger partial charge in [-0.05, 0) is 37.4 Å². The number of nitrogens with zero attached hydrogens (tertiary/aromatic N) is 3. The molecule has 0 aliphatic carbocycles. The highest BCUT2D eigenvalue weighted by Gasteiger charge is 2.23. The molecule has 0 fully saturated rings. The van der Waals surface area contributed by atoms with Crippen molar-refractivity contribution in [2.45, 2.75) is 6.04 Å². The number of hydrogen-bond acceptors (Lipinski definition) is 7. The predicted octanol–water partition coefficient (Wildman–Crippen LogP) is 5.76. The summed E-state index contributed by atoms with van der Waals surface area (Å²) in [6, 6.07) is 26.8. The van der Waals surface area contributed by atoms with Gasteiger partial charge < -0.3 is 25.1 Å². The van der Waals surface area contributed by atoms with Crippen LogP contribution in [0.3, 0.4) is 0 Å². The van der Waals surface area contributed by atoms with Crippen LogP contribution in [0.15, 0.2) is 108 Å². The smallest absolute Gasteiger partial charge is 0.248 e. The number of aliphatic hydroxyl groups excluding tert-OH is 1. The Morgan fingerprint density at radius 3 is 2.33 bits per heavy atom. The van der Waals surface area contributed by atoms with E-state index in [2.05, 4.69) is 20.6 Å². The molecule has 8 heteroatoms. The van der Waals surface area contributed by atoms with E-state index in [1.807, 2.05) is 110 Å². The van der Waals surface area contributed by atoms with Gasteiger partial charge in [-0.2, -0.15) is 0 Å². The van der Waals surface area contributed by atoms with Gasteiger partial charge in [-0.25, -0.2) is 9.97 Å². The van der Waals surface area contributed by atoms with Crippen LogP contribution in [0.25, 0.3) is 33.6 Å². The molecular weight excluding hydrogens is 502 g/mol. The first-order valence-corrected chi connectivity index (χ1v) is 13.0. The van der Waals surface area contributed by atoms with Crippen molar-refractivity contribution in [2.75, 3.05) is 37.9 Å². The molecule has 8 nitrogen and oxygen atoms in total. The molecule has 0 saturated carbocycles. The zero-order chi connectivity index (χ0) is 27.9. The molecule has 3 aromatic carbocycles. The normalized spacial score (nSPS) is 12.2. The van der Waals surface area contributed by atoms with E-state index in [1.165, 1.54) is 12.4 Å². The van der Waals surface area contributed by atoms with Gasteiger partial charge in [0.05, 0.1) is 18.0 Å². The highest BCUT2D eigenvalue weighted by atomic mass is 16.3. The van der Waals surface area contributed by atoms with E-state index >= 15 is 0 Å². The second kappa shape index (κ2) is 12.4. The van der Waals surface area contributed by atoms with Crippen molar-refractivity contribution in [3.05, 3.63) is 109 Å². The Kier molecular flexibility index (Phi) is 8.29. The van der Waals surface area contributed by atoms with Gasteiger partial charge in [0.2, 0.25) is 11.6 Å². The molecule has 1 atom stereocenters. The van der Waals surface area contributed by atoms with Crippen LogP contribution in [0.4, 0.5) is 11.5 Å². The van der Waals surface area contributed by atoms with Crippen molar-refractivity contribution < 1.29 is 14.3 Å². The lowest BCUT2D eigenvalue weighted by atomic mass is 9.98. The summed E-state index contributed by atoms with van der Waals surface area (Å²) >= 11 is 0. The minimum absolute atomic E-state index is 0.119. The van der Waals surface area contributed by atoms with Gasteiger partial charge in [0, 0.05) is 29.4 Å². The van der Waals surface area contributed by atoms with Crippen LogP contribution in [-0.4, -0.2) is 53.1 Å². The fourth-order valence-corrected chi connectivity index (χ4v) is 4.47. The van der Waals surface area contributed by atoms with E-state index in [-0.39, 0.29) is 18.6 Å². The second-order valence-electron chi connectivity index (χ2n) is 9.60. The van der Waals surface area contributed by atoms with Crippen LogP contribution in [-0.2, 0) is 4.79 Å². The van der Waals surface area contributed by atoms with Crippen LogP contribution in [0, 0.1) is 0 Å². The van der Waals surface area contributed by atoms with E-state index in [4.69, 9.17) is 4.42 Å². The van der Waals surface area contributed by atoms with E-state index in [1.54, 1.807) is 0 Å². The standard InChI is InChI=1S/C32H31N5O3/c1-37(2)19-9-14-27(39)35-25-17-15-23(16-18-25)28-29-31(36-26(20-38)22-10-5-3-6-11-22)33-21-34-32(29)40-30(28)24-12-7-4-8-13-24/h3-18,21,26,38H,19-20H2,1-2H3,(H,35,39)(H,33,34,36)/b14-9+/t26-/m1/s1. The molecule has 0 aliphatic rings. The Morgan fingerprint density at radius 1 is 0.950 bits per heavy atom. The number of furan rings is 1. The lowest BCUT2D eigenvalue weighted by Crippen LogP contribution is -2.15. The number of aromatic nitrogens is 2. The maximum absolute atomic E-state index is 12.3. The monoisotopic (exact) mass is 533 g/mol. The molecule has 40 heavy (non-hydrogen) atoms. The number of amides is 1. The Hall–Kier alpha value is -4.79. The summed E-state index contributed by atoms with van der Waals surface area (Å²) < 4.78 is 6.32. The molecule has 0 radical (unpaired) electrons. The quantitative estimate of drug-likeness (QED) is 0.196. The van der Waals surface area contributed by atoms with Crippen LogP contribution in [0.1, 0.15) is 11.6 Å². The number of hydrogen-bond donors (Lipinski definition) is 3. The van der Waals surface area contributed by atoms with Crippen molar-refractivity contribution in [1.82, 2.24) is 14.9 Å². The summed E-state index contributed by atoms with van der Waals surface area (Å²) in [5.41, 5.74) is 4.63. The number of carbonyl (C=O) groups is 1. The summed E-state index contributed by atoms with van der Waals surface area (Å²) in [4.78, 5) is 23.3. The van der Waals surface area contributed by atoms with E-state index in [0.717, 1.165) is 22.3 Å². The zero-order valence-corrected chi connectivity index (χ0v) is 22.4. The molecular formula is C32H31N5O3. The average molecular weight is 534 g/mol. The first-order valence-electron chi connectivity index (χ1n) is 13.0. The van der Waals surface area contributed by atoms with Gasteiger partial charge in [-0.1, -0.05) is 78.9 Å². The third-order valence-electron chi connectivity index (χ3n) is 6.40. The number of rotatable bonds is 10. The first-order chi connectivity index (χ1) is 19.5. The Morgan fingerprint density at radius 2 is 1.65 bits per heavy atom. The largest absolute Gasteiger partial charge is 0.437 e. The number of anilines is 2. The maximum Gasteiger partial charge on any atom is 0.248 e. The van der Waals surface area contributed by atoms with Gasteiger partial charge in [0.15, 0.2) is 0 Å². The maximum atomic E-state index is 12.3. The summed E-state index contributed by atoms with van der Waals surface area (Å²) in [6.45, 7) is 0.563. The molecule has 3 N–H and O–H groups in total. The fourth-order valence-electron chi connectivity index (χ4n) is 4.47. The van der Waals surface area contributed by atoms with Crippen molar-refractivity contribution in [3.63, 3.8) is 0 Å². The SMILES string of the molecule is CN(C)C/C=C/C(=O)Nc1ccc(-c2c(-c3ccccc3)oc3ncnc(N[C@H](CO)c4ccccc4)c23)cc1.